The van der Waals surface area contributed by atoms with Crippen molar-refractivity contribution in [2.75, 3.05) is 24.6 Å². The topological polar surface area (TPSA) is 43.2 Å². The lowest BCUT2D eigenvalue weighted by Crippen LogP contribution is -2.36. The molecular formula is C33H37FN4O. The van der Waals surface area contributed by atoms with Crippen molar-refractivity contribution >= 4 is 16.9 Å². The van der Waals surface area contributed by atoms with Crippen LogP contribution in [0.2, 0.25) is 0 Å². The SMILES string of the molecule is CCc1c(C)nc2c(cc(-c3ccnc(N4C[C@@H]5CC[C@@H](C5)C4)c3)n2C)c1-c1cc(F)c2c(c1C)CCCO2. The summed E-state index contributed by atoms with van der Waals surface area (Å²) >= 11 is 0. The highest BCUT2D eigenvalue weighted by atomic mass is 19.1. The Labute approximate surface area is 230 Å². The van der Waals surface area contributed by atoms with Gasteiger partial charge in [-0.2, -0.15) is 0 Å². The number of rotatable bonds is 4. The Morgan fingerprint density at radius 3 is 2.67 bits per heavy atom. The molecule has 2 aliphatic heterocycles. The number of aromatic nitrogens is 3. The molecule has 0 N–H and O–H groups in total. The Bertz CT molecular complexity index is 1590. The van der Waals surface area contributed by atoms with Crippen LogP contribution in [0.15, 0.2) is 30.5 Å². The van der Waals surface area contributed by atoms with Crippen molar-refractivity contribution in [1.29, 1.82) is 0 Å². The van der Waals surface area contributed by atoms with Crippen LogP contribution in [0.4, 0.5) is 10.2 Å². The van der Waals surface area contributed by atoms with Gasteiger partial charge in [-0.25, -0.2) is 14.4 Å². The number of nitrogens with zero attached hydrogens (tertiary/aromatic N) is 4. The van der Waals surface area contributed by atoms with Crippen LogP contribution in [0.3, 0.4) is 0 Å². The van der Waals surface area contributed by atoms with E-state index >= 15 is 4.39 Å². The summed E-state index contributed by atoms with van der Waals surface area (Å²) in [5, 5.41) is 1.07. The lowest BCUT2D eigenvalue weighted by molar-refractivity contribution is 0.273. The molecule has 39 heavy (non-hydrogen) atoms. The minimum atomic E-state index is -0.264. The van der Waals surface area contributed by atoms with Gasteiger partial charge >= 0.3 is 0 Å². The summed E-state index contributed by atoms with van der Waals surface area (Å²) in [4.78, 5) is 12.4. The zero-order chi connectivity index (χ0) is 26.8. The lowest BCUT2D eigenvalue weighted by Gasteiger charge is -2.32. The zero-order valence-electron chi connectivity index (χ0n) is 23.5. The summed E-state index contributed by atoms with van der Waals surface area (Å²) in [5.74, 6) is 2.85. The monoisotopic (exact) mass is 524 g/mol. The van der Waals surface area contributed by atoms with E-state index in [1.165, 1.54) is 24.8 Å². The highest BCUT2D eigenvalue weighted by Gasteiger charge is 2.33. The molecule has 3 aliphatic rings. The molecule has 2 bridgehead atoms. The number of aryl methyl sites for hydroxylation is 2. The van der Waals surface area contributed by atoms with Gasteiger partial charge in [0.1, 0.15) is 11.5 Å². The number of halogens is 1. The first kappa shape index (κ1) is 24.6. The van der Waals surface area contributed by atoms with Gasteiger partial charge in [-0.3, -0.25) is 0 Å². The summed E-state index contributed by atoms with van der Waals surface area (Å²) < 4.78 is 23.4. The molecule has 5 nitrogen and oxygen atoms in total. The van der Waals surface area contributed by atoms with Crippen molar-refractivity contribution < 1.29 is 9.13 Å². The Kier molecular flexibility index (Phi) is 5.91. The van der Waals surface area contributed by atoms with E-state index in [2.05, 4.69) is 55.5 Å². The quantitative estimate of drug-likeness (QED) is 0.284. The molecule has 6 heteroatoms. The molecule has 3 aromatic heterocycles. The zero-order valence-corrected chi connectivity index (χ0v) is 23.5. The van der Waals surface area contributed by atoms with Gasteiger partial charge in [0.05, 0.1) is 12.3 Å². The minimum Gasteiger partial charge on any atom is -0.490 e. The first-order valence-corrected chi connectivity index (χ1v) is 14.6. The van der Waals surface area contributed by atoms with Gasteiger partial charge in [-0.05, 0) is 111 Å². The van der Waals surface area contributed by atoms with Crippen molar-refractivity contribution in [3.8, 4) is 28.1 Å². The van der Waals surface area contributed by atoms with Crippen LogP contribution in [-0.2, 0) is 19.9 Å². The van der Waals surface area contributed by atoms with Gasteiger partial charge in [0.15, 0.2) is 11.6 Å². The summed E-state index contributed by atoms with van der Waals surface area (Å²) in [6.45, 7) is 9.16. The molecule has 0 amide bonds. The number of hydrogen-bond acceptors (Lipinski definition) is 4. The second kappa shape index (κ2) is 9.35. The largest absolute Gasteiger partial charge is 0.490 e. The van der Waals surface area contributed by atoms with Crippen LogP contribution < -0.4 is 9.64 Å². The molecular weight excluding hydrogens is 487 g/mol. The first-order valence-electron chi connectivity index (χ1n) is 14.6. The number of pyridine rings is 2. The van der Waals surface area contributed by atoms with Crippen molar-refractivity contribution in [3.63, 3.8) is 0 Å². The van der Waals surface area contributed by atoms with Crippen LogP contribution in [0.1, 0.15) is 55.0 Å². The molecule has 2 fully saturated rings. The van der Waals surface area contributed by atoms with E-state index < -0.39 is 0 Å². The number of ether oxygens (including phenoxy) is 1. The minimum absolute atomic E-state index is 0.264. The highest BCUT2D eigenvalue weighted by Crippen LogP contribution is 2.43. The molecule has 5 heterocycles. The van der Waals surface area contributed by atoms with Gasteiger partial charge in [0.2, 0.25) is 0 Å². The molecule has 7 rings (SSSR count). The fourth-order valence-corrected chi connectivity index (χ4v) is 7.56. The summed E-state index contributed by atoms with van der Waals surface area (Å²) in [7, 11) is 2.09. The molecule has 2 atom stereocenters. The van der Waals surface area contributed by atoms with Gasteiger partial charge in [0.25, 0.3) is 0 Å². The molecule has 1 aromatic carbocycles. The predicted molar refractivity (Wildman–Crippen MR) is 155 cm³/mol. The van der Waals surface area contributed by atoms with E-state index in [0.29, 0.717) is 12.4 Å². The van der Waals surface area contributed by atoms with Crippen LogP contribution >= 0.6 is 0 Å². The fraction of sp³-hybridized carbons (Fsp3) is 0.455. The van der Waals surface area contributed by atoms with Crippen molar-refractivity contribution in [2.45, 2.75) is 59.3 Å². The summed E-state index contributed by atoms with van der Waals surface area (Å²) in [6.07, 6.45) is 8.62. The third-order valence-electron chi connectivity index (χ3n) is 9.51. The third-order valence-corrected chi connectivity index (χ3v) is 9.51. The number of fused-ring (bicyclic) bond motifs is 4. The molecule has 1 saturated heterocycles. The third kappa shape index (κ3) is 3.94. The normalized spacial score (nSPS) is 20.4. The Morgan fingerprint density at radius 2 is 1.90 bits per heavy atom. The standard InChI is InChI=1S/C33H37FN4O/c1-5-24-20(3)36-33-27(31(24)26-15-28(34)32-25(19(26)2)7-6-12-39-32)16-29(37(33)4)23-10-11-35-30(14-23)38-17-21-8-9-22(13-21)18-38/h10-11,14-16,21-22H,5-9,12-13,17-18H2,1-4H3/t21-,22+. The fourth-order valence-electron chi connectivity index (χ4n) is 7.56. The second-order valence-electron chi connectivity index (χ2n) is 11.9. The lowest BCUT2D eigenvalue weighted by atomic mass is 9.87. The van der Waals surface area contributed by atoms with Gasteiger partial charge in [-0.1, -0.05) is 6.92 Å². The maximum Gasteiger partial charge on any atom is 0.165 e. The van der Waals surface area contributed by atoms with Crippen LogP contribution in [0.25, 0.3) is 33.4 Å². The highest BCUT2D eigenvalue weighted by molar-refractivity contribution is 6.00. The number of piperidine rings is 1. The first-order chi connectivity index (χ1) is 18.9. The Balaban J connectivity index is 1.39. The second-order valence-corrected chi connectivity index (χ2v) is 11.9. The Morgan fingerprint density at radius 1 is 1.10 bits per heavy atom. The maximum atomic E-state index is 15.4. The van der Waals surface area contributed by atoms with E-state index in [9.17, 15) is 0 Å². The molecule has 202 valence electrons. The van der Waals surface area contributed by atoms with E-state index in [0.717, 1.165) is 100 Å². The van der Waals surface area contributed by atoms with Crippen LogP contribution in [-0.4, -0.2) is 34.2 Å². The molecule has 0 spiro atoms. The van der Waals surface area contributed by atoms with Crippen molar-refractivity contribution in [2.24, 2.45) is 18.9 Å². The smallest absolute Gasteiger partial charge is 0.165 e. The maximum absolute atomic E-state index is 15.4. The predicted octanol–water partition coefficient (Wildman–Crippen LogP) is 7.18. The molecule has 1 saturated carbocycles. The molecule has 0 radical (unpaired) electrons. The average Bonchev–Trinajstić information content (AvgIpc) is 3.47. The van der Waals surface area contributed by atoms with Crippen molar-refractivity contribution in [1.82, 2.24) is 14.5 Å². The van der Waals surface area contributed by atoms with Gasteiger partial charge in [0, 0.05) is 48.5 Å². The molecule has 1 aliphatic carbocycles. The van der Waals surface area contributed by atoms with Gasteiger partial charge in [-0.15, -0.1) is 0 Å². The average molecular weight is 525 g/mol. The van der Waals surface area contributed by atoms with E-state index in [4.69, 9.17) is 14.7 Å². The van der Waals surface area contributed by atoms with E-state index in [-0.39, 0.29) is 5.82 Å². The van der Waals surface area contributed by atoms with E-state index in [1.54, 1.807) is 6.07 Å². The molecule has 0 unspecified atom stereocenters. The Hall–Kier alpha value is -3.41. The number of anilines is 1. The summed E-state index contributed by atoms with van der Waals surface area (Å²) in [5.41, 5.74) is 9.54. The van der Waals surface area contributed by atoms with Gasteiger partial charge < -0.3 is 14.2 Å². The number of hydrogen-bond donors (Lipinski definition) is 0. The number of benzene rings is 1. The van der Waals surface area contributed by atoms with E-state index in [1.807, 2.05) is 6.20 Å². The van der Waals surface area contributed by atoms with Crippen LogP contribution in [0, 0.1) is 31.5 Å². The van der Waals surface area contributed by atoms with Crippen LogP contribution in [0.5, 0.6) is 5.75 Å². The van der Waals surface area contributed by atoms with Crippen molar-refractivity contribution in [3.05, 3.63) is 58.7 Å². The summed E-state index contributed by atoms with van der Waals surface area (Å²) in [6, 6.07) is 8.29. The molecule has 4 aromatic rings.